The fraction of sp³-hybridized carbons (Fsp3) is 0.229. The summed E-state index contributed by atoms with van der Waals surface area (Å²) >= 11 is 0. The molecule has 13 heteroatoms. The zero-order chi connectivity index (χ0) is 34.1. The van der Waals surface area contributed by atoms with E-state index in [1.54, 1.807) is 75.2 Å². The molecule has 0 spiro atoms. The highest BCUT2D eigenvalue weighted by Crippen LogP contribution is 2.50. The van der Waals surface area contributed by atoms with E-state index in [9.17, 15) is 9.36 Å². The molecule has 0 aliphatic carbocycles. The molecule has 250 valence electrons. The van der Waals surface area contributed by atoms with Crippen LogP contribution in [0, 0.1) is 6.92 Å². The Hall–Kier alpha value is -5.16. The number of carbonyl (C=O) groups is 1. The van der Waals surface area contributed by atoms with Gasteiger partial charge in [0, 0.05) is 23.1 Å². The molecule has 48 heavy (non-hydrogen) atoms. The number of methoxy groups -OCH3 is 1. The maximum absolute atomic E-state index is 13.1. The Morgan fingerprint density at radius 3 is 2.35 bits per heavy atom. The number of aryl methyl sites for hydroxylation is 1. The molecular weight excluding hydrogens is 635 g/mol. The Labute approximate surface area is 278 Å². The van der Waals surface area contributed by atoms with E-state index in [0.29, 0.717) is 51.4 Å². The molecule has 0 saturated carbocycles. The van der Waals surface area contributed by atoms with Gasteiger partial charge in [-0.3, -0.25) is 9.36 Å². The molecule has 0 radical (unpaired) electrons. The summed E-state index contributed by atoms with van der Waals surface area (Å²) in [4.78, 5) is 16.0. The number of benzene rings is 3. The lowest BCUT2D eigenvalue weighted by molar-refractivity contribution is 0.1000. The van der Waals surface area contributed by atoms with Crippen molar-refractivity contribution in [1.82, 2.24) is 14.8 Å². The fourth-order valence-electron chi connectivity index (χ4n) is 4.65. The van der Waals surface area contributed by atoms with Crippen molar-refractivity contribution in [3.05, 3.63) is 113 Å². The lowest BCUT2D eigenvalue weighted by Gasteiger charge is -2.13. The van der Waals surface area contributed by atoms with Gasteiger partial charge in [-0.2, -0.15) is 0 Å². The number of para-hydroxylation sites is 1. The van der Waals surface area contributed by atoms with Gasteiger partial charge in [-0.1, -0.05) is 24.3 Å². The summed E-state index contributed by atoms with van der Waals surface area (Å²) in [5.74, 6) is 3.27. The van der Waals surface area contributed by atoms with E-state index in [4.69, 9.17) is 33.4 Å². The highest BCUT2D eigenvalue weighted by atomic mass is 31.2. The second-order valence-electron chi connectivity index (χ2n) is 10.4. The first-order chi connectivity index (χ1) is 23.2. The third kappa shape index (κ3) is 8.40. The quantitative estimate of drug-likeness (QED) is 0.106. The summed E-state index contributed by atoms with van der Waals surface area (Å²) in [5.41, 5.74) is 9.29. The molecule has 3 aromatic carbocycles. The van der Waals surface area contributed by atoms with Gasteiger partial charge >= 0.3 is 7.60 Å². The predicted octanol–water partition coefficient (Wildman–Crippen LogP) is 7.34. The standard InChI is InChI=1S/C35H37N4O8P/c1-5-45-48(41,46-6-2)19-18-28-21-39(29-10-8-7-9-11-29)38-35(28)44-22-25-12-17-31(32(20-25)42-4)43-23-30-24(3)47-34(37-30)27-15-13-26(14-16-27)33(36)40/h7-21H,5-6,22-23H2,1-4H3,(H2,36,40)/b19-18+. The molecule has 5 aromatic rings. The average Bonchev–Trinajstić information content (AvgIpc) is 3.69. The second-order valence-corrected chi connectivity index (χ2v) is 12.3. The van der Waals surface area contributed by atoms with Crippen molar-refractivity contribution in [3.8, 4) is 34.5 Å². The van der Waals surface area contributed by atoms with E-state index in [1.165, 1.54) is 5.82 Å². The van der Waals surface area contributed by atoms with Crippen LogP contribution in [0.5, 0.6) is 17.4 Å². The summed E-state index contributed by atoms with van der Waals surface area (Å²) in [6.45, 7) is 6.10. The summed E-state index contributed by atoms with van der Waals surface area (Å²) < 4.78 is 49.2. The fourth-order valence-corrected chi connectivity index (χ4v) is 5.96. The van der Waals surface area contributed by atoms with Crippen LogP contribution in [0.1, 0.15) is 46.8 Å². The van der Waals surface area contributed by atoms with Crippen LogP contribution >= 0.6 is 7.60 Å². The molecule has 0 fully saturated rings. The molecule has 0 aliphatic heterocycles. The van der Waals surface area contributed by atoms with Gasteiger partial charge in [0.1, 0.15) is 24.7 Å². The largest absolute Gasteiger partial charge is 0.493 e. The highest BCUT2D eigenvalue weighted by molar-refractivity contribution is 7.57. The zero-order valence-electron chi connectivity index (χ0n) is 27.1. The van der Waals surface area contributed by atoms with E-state index in [0.717, 1.165) is 11.3 Å². The molecule has 2 heterocycles. The Kier molecular flexibility index (Phi) is 11.1. The predicted molar refractivity (Wildman–Crippen MR) is 180 cm³/mol. The van der Waals surface area contributed by atoms with E-state index in [2.05, 4.69) is 10.1 Å². The maximum atomic E-state index is 13.1. The molecule has 1 amide bonds. The first kappa shape index (κ1) is 34.2. The van der Waals surface area contributed by atoms with Gasteiger partial charge in [-0.15, -0.1) is 5.10 Å². The molecule has 0 aliphatic rings. The van der Waals surface area contributed by atoms with Gasteiger partial charge in [0.2, 0.25) is 17.7 Å². The third-order valence-corrected chi connectivity index (χ3v) is 8.81. The number of amides is 1. The summed E-state index contributed by atoms with van der Waals surface area (Å²) in [6, 6.07) is 21.8. The van der Waals surface area contributed by atoms with Gasteiger partial charge in [0.05, 0.1) is 31.6 Å². The minimum atomic E-state index is -3.44. The normalized spacial score (nSPS) is 11.6. The number of carbonyl (C=O) groups excluding carboxylic acids is 1. The topological polar surface area (TPSA) is 150 Å². The van der Waals surface area contributed by atoms with Gasteiger partial charge < -0.3 is 33.4 Å². The Balaban J connectivity index is 1.30. The average molecular weight is 673 g/mol. The molecule has 5 rings (SSSR count). The van der Waals surface area contributed by atoms with E-state index in [1.807, 2.05) is 42.5 Å². The van der Waals surface area contributed by atoms with Crippen LogP contribution < -0.4 is 19.9 Å². The Morgan fingerprint density at radius 1 is 0.958 bits per heavy atom. The number of ether oxygens (including phenoxy) is 3. The van der Waals surface area contributed by atoms with Gasteiger partial charge in [0.25, 0.3) is 0 Å². The summed E-state index contributed by atoms with van der Waals surface area (Å²) in [5, 5.41) is 4.63. The van der Waals surface area contributed by atoms with E-state index in [-0.39, 0.29) is 26.4 Å². The Bertz CT molecular complexity index is 1910. The number of hydrogen-bond donors (Lipinski definition) is 1. The highest BCUT2D eigenvalue weighted by Gasteiger charge is 2.20. The van der Waals surface area contributed by atoms with Crippen molar-refractivity contribution in [2.24, 2.45) is 5.73 Å². The molecule has 0 saturated heterocycles. The molecular formula is C35H37N4O8P. The molecule has 0 atom stereocenters. The van der Waals surface area contributed by atoms with E-state index < -0.39 is 13.5 Å². The molecule has 2 aromatic heterocycles. The minimum absolute atomic E-state index is 0.140. The lowest BCUT2D eigenvalue weighted by atomic mass is 10.1. The molecule has 12 nitrogen and oxygen atoms in total. The number of aromatic nitrogens is 3. The maximum Gasteiger partial charge on any atom is 0.354 e. The van der Waals surface area contributed by atoms with Crippen LogP contribution in [0.3, 0.4) is 0 Å². The van der Waals surface area contributed by atoms with Crippen LogP contribution in [0.4, 0.5) is 0 Å². The monoisotopic (exact) mass is 672 g/mol. The molecule has 2 N–H and O–H groups in total. The van der Waals surface area contributed by atoms with Crippen LogP contribution in [-0.2, 0) is 26.8 Å². The first-order valence-corrected chi connectivity index (χ1v) is 16.8. The van der Waals surface area contributed by atoms with Crippen molar-refractivity contribution in [3.63, 3.8) is 0 Å². The number of nitrogens with two attached hydrogens (primary N) is 1. The van der Waals surface area contributed by atoms with Crippen molar-refractivity contribution >= 4 is 19.6 Å². The van der Waals surface area contributed by atoms with Crippen molar-refractivity contribution in [1.29, 1.82) is 0 Å². The van der Waals surface area contributed by atoms with Crippen molar-refractivity contribution in [2.75, 3.05) is 20.3 Å². The summed E-state index contributed by atoms with van der Waals surface area (Å²) in [6.07, 6.45) is 3.42. The third-order valence-electron chi connectivity index (χ3n) is 7.06. The van der Waals surface area contributed by atoms with Crippen LogP contribution in [0.25, 0.3) is 23.2 Å². The summed E-state index contributed by atoms with van der Waals surface area (Å²) in [7, 11) is -1.88. The smallest absolute Gasteiger partial charge is 0.354 e. The molecule has 0 bridgehead atoms. The van der Waals surface area contributed by atoms with Gasteiger partial charge in [-0.05, 0) is 80.9 Å². The lowest BCUT2D eigenvalue weighted by Crippen LogP contribution is -2.10. The van der Waals surface area contributed by atoms with Crippen molar-refractivity contribution < 1.29 is 37.0 Å². The SMILES string of the molecule is CCOP(=O)(/C=C/c1cn(-c2ccccc2)nc1OCc1ccc(OCc2nc(-c3ccc(C(N)=O)cc3)oc2C)c(OC)c1)OCC. The zero-order valence-corrected chi connectivity index (χ0v) is 28.0. The first-order valence-electron chi connectivity index (χ1n) is 15.2. The number of primary amides is 1. The number of rotatable bonds is 16. The van der Waals surface area contributed by atoms with Gasteiger partial charge in [-0.25, -0.2) is 9.67 Å². The Morgan fingerprint density at radius 2 is 1.69 bits per heavy atom. The molecule has 0 unspecified atom stereocenters. The van der Waals surface area contributed by atoms with Crippen LogP contribution in [-0.4, -0.2) is 41.0 Å². The number of oxazole rings is 1. The van der Waals surface area contributed by atoms with Crippen molar-refractivity contribution in [2.45, 2.75) is 34.0 Å². The number of nitrogens with zero attached hydrogens (tertiary/aromatic N) is 3. The van der Waals surface area contributed by atoms with Crippen LogP contribution in [0.2, 0.25) is 0 Å². The van der Waals surface area contributed by atoms with Gasteiger partial charge in [0.15, 0.2) is 11.5 Å². The minimum Gasteiger partial charge on any atom is -0.493 e. The second kappa shape index (κ2) is 15.6. The van der Waals surface area contributed by atoms with E-state index >= 15 is 0 Å². The number of hydrogen-bond acceptors (Lipinski definition) is 10. The van der Waals surface area contributed by atoms with Crippen LogP contribution in [0.15, 0.2) is 89.2 Å².